The van der Waals surface area contributed by atoms with Gasteiger partial charge in [-0.2, -0.15) is 9.78 Å². The van der Waals surface area contributed by atoms with Crippen molar-refractivity contribution in [2.24, 2.45) is 0 Å². The Labute approximate surface area is 178 Å². The molecule has 0 unspecified atom stereocenters. The third-order valence-corrected chi connectivity index (χ3v) is 4.06. The number of anilines is 3. The highest BCUT2D eigenvalue weighted by atomic mass is 16.6. The molecule has 3 aromatic rings. The lowest BCUT2D eigenvalue weighted by atomic mass is 10.2. The molecule has 0 aliphatic heterocycles. The maximum Gasteiger partial charge on any atom is 0.435 e. The van der Waals surface area contributed by atoms with E-state index in [1.54, 1.807) is 39.8 Å². The number of nitrogens with two attached hydrogens (primary N) is 1. The molecule has 0 aliphatic carbocycles. The van der Waals surface area contributed by atoms with E-state index in [0.717, 1.165) is 4.68 Å². The van der Waals surface area contributed by atoms with Crippen LogP contribution in [-0.2, 0) is 9.47 Å². The second kappa shape index (κ2) is 8.46. The molecule has 0 fully saturated rings. The van der Waals surface area contributed by atoms with Crippen LogP contribution in [0.4, 0.5) is 22.1 Å². The Hall–Kier alpha value is -3.89. The third-order valence-electron chi connectivity index (χ3n) is 4.06. The maximum atomic E-state index is 12.5. The van der Waals surface area contributed by atoms with E-state index in [4.69, 9.17) is 19.9 Å². The van der Waals surface area contributed by atoms with Crippen molar-refractivity contribution in [3.05, 3.63) is 30.2 Å². The van der Waals surface area contributed by atoms with E-state index in [1.165, 1.54) is 19.6 Å². The fourth-order valence-corrected chi connectivity index (χ4v) is 2.80. The number of carbonyl (C=O) groups is 2. The molecule has 1 aromatic carbocycles. The number of methoxy groups -OCH3 is 1. The van der Waals surface area contributed by atoms with Gasteiger partial charge in [-0.15, -0.1) is 0 Å². The quantitative estimate of drug-likeness (QED) is 0.582. The SMILES string of the molecule is CCOC(=O)c1c(N)ncnc1Nc1cc2cnn(C(=O)OC(C)(C)C)c2cc1OC. The fraction of sp³-hybridized carbons (Fsp3) is 0.350. The average molecular weight is 428 g/mol. The van der Waals surface area contributed by atoms with Crippen molar-refractivity contribution < 1.29 is 23.8 Å². The molecule has 3 rings (SSSR count). The summed E-state index contributed by atoms with van der Waals surface area (Å²) in [6.45, 7) is 7.17. The molecule has 2 heterocycles. The smallest absolute Gasteiger partial charge is 0.435 e. The van der Waals surface area contributed by atoms with Crippen LogP contribution in [0, 0.1) is 0 Å². The lowest BCUT2D eigenvalue weighted by Gasteiger charge is -2.19. The first-order chi connectivity index (χ1) is 14.6. The van der Waals surface area contributed by atoms with Gasteiger partial charge in [0.1, 0.15) is 29.1 Å². The van der Waals surface area contributed by atoms with E-state index in [9.17, 15) is 9.59 Å². The van der Waals surface area contributed by atoms with Gasteiger partial charge in [0.2, 0.25) is 0 Å². The van der Waals surface area contributed by atoms with E-state index < -0.39 is 17.7 Å². The van der Waals surface area contributed by atoms with E-state index in [2.05, 4.69) is 20.4 Å². The van der Waals surface area contributed by atoms with Crippen LogP contribution in [-0.4, -0.2) is 51.1 Å². The van der Waals surface area contributed by atoms with Gasteiger partial charge in [-0.25, -0.2) is 19.6 Å². The summed E-state index contributed by atoms with van der Waals surface area (Å²) in [6.07, 6.45) is 2.13. The van der Waals surface area contributed by atoms with Crippen LogP contribution in [0.15, 0.2) is 24.7 Å². The fourth-order valence-electron chi connectivity index (χ4n) is 2.80. The number of rotatable bonds is 5. The molecule has 11 nitrogen and oxygen atoms in total. The monoisotopic (exact) mass is 428 g/mol. The van der Waals surface area contributed by atoms with Gasteiger partial charge >= 0.3 is 12.1 Å². The minimum Gasteiger partial charge on any atom is -0.494 e. The summed E-state index contributed by atoms with van der Waals surface area (Å²) in [4.78, 5) is 32.8. The first-order valence-corrected chi connectivity index (χ1v) is 9.48. The number of nitrogens with one attached hydrogen (secondary N) is 1. The molecular formula is C20H24N6O5. The van der Waals surface area contributed by atoms with Gasteiger partial charge in [-0.05, 0) is 33.8 Å². The maximum absolute atomic E-state index is 12.5. The highest BCUT2D eigenvalue weighted by Gasteiger charge is 2.23. The molecule has 164 valence electrons. The van der Waals surface area contributed by atoms with Gasteiger partial charge in [0, 0.05) is 11.5 Å². The Kier molecular flexibility index (Phi) is 5.95. The number of nitrogens with zero attached hydrogens (tertiary/aromatic N) is 4. The molecule has 0 aliphatic rings. The summed E-state index contributed by atoms with van der Waals surface area (Å²) in [5, 5.41) is 7.79. The normalized spacial score (nSPS) is 11.3. The van der Waals surface area contributed by atoms with Gasteiger partial charge in [0.25, 0.3) is 0 Å². The highest BCUT2D eigenvalue weighted by molar-refractivity contribution is 6.00. The number of aromatic nitrogens is 4. The number of benzene rings is 1. The first kappa shape index (κ1) is 21.8. The molecule has 0 amide bonds. The molecule has 0 saturated carbocycles. The van der Waals surface area contributed by atoms with Crippen molar-refractivity contribution in [2.45, 2.75) is 33.3 Å². The Bertz CT molecular complexity index is 1140. The third kappa shape index (κ3) is 4.65. The van der Waals surface area contributed by atoms with Crippen molar-refractivity contribution in [2.75, 3.05) is 24.8 Å². The topological polar surface area (TPSA) is 143 Å². The van der Waals surface area contributed by atoms with Gasteiger partial charge in [0.05, 0.1) is 31.1 Å². The number of carbonyl (C=O) groups excluding carboxylic acids is 2. The van der Waals surface area contributed by atoms with Crippen LogP contribution in [0.25, 0.3) is 10.9 Å². The molecule has 0 radical (unpaired) electrons. The summed E-state index contributed by atoms with van der Waals surface area (Å²) in [6, 6.07) is 3.33. The molecule has 31 heavy (non-hydrogen) atoms. The summed E-state index contributed by atoms with van der Waals surface area (Å²) < 4.78 is 17.1. The summed E-state index contributed by atoms with van der Waals surface area (Å²) in [5.74, 6) is -0.137. The Morgan fingerprint density at radius 1 is 1.23 bits per heavy atom. The van der Waals surface area contributed by atoms with Gasteiger partial charge < -0.3 is 25.3 Å². The van der Waals surface area contributed by atoms with E-state index in [-0.39, 0.29) is 23.8 Å². The van der Waals surface area contributed by atoms with Crippen LogP contribution >= 0.6 is 0 Å². The van der Waals surface area contributed by atoms with Crippen LogP contribution in [0.2, 0.25) is 0 Å². The number of ether oxygens (including phenoxy) is 3. The molecule has 3 N–H and O–H groups in total. The summed E-state index contributed by atoms with van der Waals surface area (Å²) in [5.41, 5.74) is 6.17. The van der Waals surface area contributed by atoms with Crippen LogP contribution in [0.5, 0.6) is 5.75 Å². The number of hydrogen-bond acceptors (Lipinski definition) is 10. The first-order valence-electron chi connectivity index (χ1n) is 9.48. The molecule has 0 atom stereocenters. The zero-order valence-corrected chi connectivity index (χ0v) is 17.9. The van der Waals surface area contributed by atoms with E-state index >= 15 is 0 Å². The van der Waals surface area contributed by atoms with Crippen molar-refractivity contribution in [1.82, 2.24) is 19.7 Å². The molecule has 2 aromatic heterocycles. The zero-order chi connectivity index (χ0) is 22.8. The number of fused-ring (bicyclic) bond motifs is 1. The Balaban J connectivity index is 2.03. The molecular weight excluding hydrogens is 404 g/mol. The zero-order valence-electron chi connectivity index (χ0n) is 17.9. The number of nitrogen functional groups attached to an aromatic ring is 1. The van der Waals surface area contributed by atoms with Gasteiger partial charge in [-0.3, -0.25) is 0 Å². The van der Waals surface area contributed by atoms with Gasteiger partial charge in [0.15, 0.2) is 5.82 Å². The average Bonchev–Trinajstić information content (AvgIpc) is 3.09. The molecule has 0 bridgehead atoms. The predicted molar refractivity (Wildman–Crippen MR) is 114 cm³/mol. The van der Waals surface area contributed by atoms with Crippen molar-refractivity contribution >= 4 is 40.3 Å². The largest absolute Gasteiger partial charge is 0.494 e. The number of esters is 1. The Morgan fingerprint density at radius 2 is 1.97 bits per heavy atom. The second-order valence-electron chi connectivity index (χ2n) is 7.48. The van der Waals surface area contributed by atoms with Crippen molar-refractivity contribution in [1.29, 1.82) is 0 Å². The van der Waals surface area contributed by atoms with E-state index in [0.29, 0.717) is 22.3 Å². The van der Waals surface area contributed by atoms with Crippen LogP contribution < -0.4 is 15.8 Å². The van der Waals surface area contributed by atoms with Crippen LogP contribution in [0.3, 0.4) is 0 Å². The summed E-state index contributed by atoms with van der Waals surface area (Å²) in [7, 11) is 1.47. The van der Waals surface area contributed by atoms with Gasteiger partial charge in [-0.1, -0.05) is 0 Å². The molecule has 0 spiro atoms. The van der Waals surface area contributed by atoms with Crippen LogP contribution in [0.1, 0.15) is 38.1 Å². The predicted octanol–water partition coefficient (Wildman–Crippen LogP) is 3.12. The second-order valence-corrected chi connectivity index (χ2v) is 7.48. The highest BCUT2D eigenvalue weighted by Crippen LogP contribution is 2.34. The minimum atomic E-state index is -0.669. The lowest BCUT2D eigenvalue weighted by molar-refractivity contribution is 0.0514. The number of hydrogen-bond donors (Lipinski definition) is 2. The summed E-state index contributed by atoms with van der Waals surface area (Å²) >= 11 is 0. The lowest BCUT2D eigenvalue weighted by Crippen LogP contribution is -2.27. The minimum absolute atomic E-state index is 0.0101. The standard InChI is InChI=1S/C20H24N6O5/c1-6-30-18(27)15-16(21)22-10-23-17(15)25-12-7-11-9-24-26(13(11)8-14(12)29-5)19(28)31-20(2,3)4/h7-10H,6H2,1-5H3,(H3,21,22,23,25). The molecule has 0 saturated heterocycles. The molecule has 11 heteroatoms. The van der Waals surface area contributed by atoms with Crippen molar-refractivity contribution in [3.8, 4) is 5.75 Å². The van der Waals surface area contributed by atoms with E-state index in [1.807, 2.05) is 0 Å². The Morgan fingerprint density at radius 3 is 2.61 bits per heavy atom. The van der Waals surface area contributed by atoms with Crippen molar-refractivity contribution in [3.63, 3.8) is 0 Å².